The molecular weight excluding hydrogens is 146 g/mol. The number of nitrogens with zero attached hydrogens (tertiary/aromatic N) is 2. The van der Waals surface area contributed by atoms with Crippen molar-refractivity contribution in [2.45, 2.75) is 13.8 Å². The van der Waals surface area contributed by atoms with E-state index in [-0.39, 0.29) is 11.8 Å². The highest BCUT2D eigenvalue weighted by atomic mass is 16.5. The highest BCUT2D eigenvalue weighted by molar-refractivity contribution is 5.89. The molecule has 0 saturated carbocycles. The van der Waals surface area contributed by atoms with E-state index >= 15 is 0 Å². The van der Waals surface area contributed by atoms with E-state index in [2.05, 4.69) is 20.0 Å². The van der Waals surface area contributed by atoms with E-state index in [1.54, 1.807) is 6.92 Å². The van der Waals surface area contributed by atoms with Crippen LogP contribution in [-0.4, -0.2) is 22.6 Å². The molecule has 0 radical (unpaired) electrons. The van der Waals surface area contributed by atoms with Gasteiger partial charge in [0.25, 0.3) is 0 Å². The van der Waals surface area contributed by atoms with Crippen molar-refractivity contribution >= 4 is 5.91 Å². The van der Waals surface area contributed by atoms with Crippen LogP contribution in [0, 0.1) is 6.92 Å². The van der Waals surface area contributed by atoms with Gasteiger partial charge < -0.3 is 9.84 Å². The van der Waals surface area contributed by atoms with E-state index in [9.17, 15) is 4.79 Å². The summed E-state index contributed by atoms with van der Waals surface area (Å²) in [6, 6.07) is 0. The van der Waals surface area contributed by atoms with Gasteiger partial charge in [-0.05, 0) is 13.8 Å². The van der Waals surface area contributed by atoms with Crippen LogP contribution in [0.4, 0.5) is 0 Å². The van der Waals surface area contributed by atoms with E-state index in [0.29, 0.717) is 12.4 Å². The first-order valence-corrected chi connectivity index (χ1v) is 3.32. The molecule has 1 aromatic rings. The Kier molecular flexibility index (Phi) is 2.20. The summed E-state index contributed by atoms with van der Waals surface area (Å²) >= 11 is 0. The van der Waals surface area contributed by atoms with Crippen LogP contribution in [0.15, 0.2) is 4.52 Å². The van der Waals surface area contributed by atoms with Crippen LogP contribution < -0.4 is 5.32 Å². The SMILES string of the molecule is CCNC(=O)c1nc(C)no1. The van der Waals surface area contributed by atoms with Crippen LogP contribution in [-0.2, 0) is 0 Å². The van der Waals surface area contributed by atoms with Crippen LogP contribution in [0.25, 0.3) is 0 Å². The molecule has 1 amide bonds. The summed E-state index contributed by atoms with van der Waals surface area (Å²) in [5, 5.41) is 6.01. The zero-order chi connectivity index (χ0) is 8.27. The fourth-order valence-electron chi connectivity index (χ4n) is 0.625. The summed E-state index contributed by atoms with van der Waals surface area (Å²) in [7, 11) is 0. The third-order valence-electron chi connectivity index (χ3n) is 1.06. The molecule has 11 heavy (non-hydrogen) atoms. The number of amides is 1. The molecular formula is C6H9N3O2. The quantitative estimate of drug-likeness (QED) is 0.659. The smallest absolute Gasteiger partial charge is 0.315 e. The molecule has 0 aromatic carbocycles. The van der Waals surface area contributed by atoms with Crippen LogP contribution in [0.2, 0.25) is 0 Å². The first-order chi connectivity index (χ1) is 5.24. The highest BCUT2D eigenvalue weighted by Gasteiger charge is 2.10. The number of carbonyl (C=O) groups is 1. The Hall–Kier alpha value is -1.39. The van der Waals surface area contributed by atoms with Gasteiger partial charge in [0.15, 0.2) is 5.82 Å². The largest absolute Gasteiger partial charge is 0.348 e. The number of nitrogens with one attached hydrogen (secondary N) is 1. The first-order valence-electron chi connectivity index (χ1n) is 3.32. The van der Waals surface area contributed by atoms with Crippen LogP contribution >= 0.6 is 0 Å². The average molecular weight is 155 g/mol. The minimum absolute atomic E-state index is 0.0179. The van der Waals surface area contributed by atoms with Gasteiger partial charge in [-0.15, -0.1) is 0 Å². The number of aromatic nitrogens is 2. The number of aryl methyl sites for hydroxylation is 1. The standard InChI is InChI=1S/C6H9N3O2/c1-3-7-5(10)6-8-4(2)9-11-6/h3H2,1-2H3,(H,7,10). The monoisotopic (exact) mass is 155 g/mol. The molecule has 0 saturated heterocycles. The predicted molar refractivity (Wildman–Crippen MR) is 37.0 cm³/mol. The van der Waals surface area contributed by atoms with Gasteiger partial charge in [-0.25, -0.2) is 0 Å². The highest BCUT2D eigenvalue weighted by Crippen LogP contribution is 1.94. The maximum Gasteiger partial charge on any atom is 0.315 e. The summed E-state index contributed by atoms with van der Waals surface area (Å²) in [5.41, 5.74) is 0. The van der Waals surface area contributed by atoms with E-state index in [1.807, 2.05) is 6.92 Å². The molecule has 0 spiro atoms. The van der Waals surface area contributed by atoms with Crippen molar-refractivity contribution in [3.63, 3.8) is 0 Å². The van der Waals surface area contributed by atoms with Crippen LogP contribution in [0.1, 0.15) is 23.4 Å². The normalized spacial score (nSPS) is 9.64. The fourth-order valence-corrected chi connectivity index (χ4v) is 0.625. The fraction of sp³-hybridized carbons (Fsp3) is 0.500. The van der Waals surface area contributed by atoms with Crippen LogP contribution in [0.5, 0.6) is 0 Å². The van der Waals surface area contributed by atoms with Crippen molar-refractivity contribution in [2.24, 2.45) is 0 Å². The van der Waals surface area contributed by atoms with Crippen molar-refractivity contribution in [3.8, 4) is 0 Å². The molecule has 0 bridgehead atoms. The molecule has 1 rings (SSSR count). The van der Waals surface area contributed by atoms with Gasteiger partial charge in [-0.3, -0.25) is 4.79 Å². The van der Waals surface area contributed by atoms with E-state index < -0.39 is 0 Å². The third kappa shape index (κ3) is 1.76. The van der Waals surface area contributed by atoms with Crippen molar-refractivity contribution in [2.75, 3.05) is 6.54 Å². The van der Waals surface area contributed by atoms with Gasteiger partial charge >= 0.3 is 11.8 Å². The van der Waals surface area contributed by atoms with Gasteiger partial charge in [-0.1, -0.05) is 5.16 Å². The molecule has 0 aliphatic carbocycles. The van der Waals surface area contributed by atoms with Gasteiger partial charge in [0.05, 0.1) is 0 Å². The van der Waals surface area contributed by atoms with Crippen molar-refractivity contribution in [3.05, 3.63) is 11.7 Å². The summed E-state index contributed by atoms with van der Waals surface area (Å²) in [6.07, 6.45) is 0. The minimum atomic E-state index is -0.326. The minimum Gasteiger partial charge on any atom is -0.348 e. The molecule has 5 nitrogen and oxygen atoms in total. The lowest BCUT2D eigenvalue weighted by molar-refractivity contribution is 0.0912. The first kappa shape index (κ1) is 7.71. The van der Waals surface area contributed by atoms with Crippen molar-refractivity contribution < 1.29 is 9.32 Å². The molecule has 1 aromatic heterocycles. The van der Waals surface area contributed by atoms with Gasteiger partial charge in [0.2, 0.25) is 0 Å². The molecule has 0 aliphatic rings. The summed E-state index contributed by atoms with van der Waals surface area (Å²) in [4.78, 5) is 14.7. The Balaban J connectivity index is 2.69. The number of rotatable bonds is 2. The van der Waals surface area contributed by atoms with E-state index in [1.165, 1.54) is 0 Å². The Morgan fingerprint density at radius 3 is 2.91 bits per heavy atom. The lowest BCUT2D eigenvalue weighted by Gasteiger charge is -1.92. The maximum atomic E-state index is 11.0. The Bertz CT molecular complexity index is 256. The lowest BCUT2D eigenvalue weighted by Crippen LogP contribution is -2.22. The molecule has 1 N–H and O–H groups in total. The van der Waals surface area contributed by atoms with E-state index in [4.69, 9.17) is 0 Å². The lowest BCUT2D eigenvalue weighted by atomic mass is 10.5. The Morgan fingerprint density at radius 1 is 1.73 bits per heavy atom. The predicted octanol–water partition coefficient (Wildman–Crippen LogP) is 0.128. The van der Waals surface area contributed by atoms with Gasteiger partial charge in [0.1, 0.15) is 0 Å². The topological polar surface area (TPSA) is 68.0 Å². The molecule has 5 heteroatoms. The van der Waals surface area contributed by atoms with Crippen LogP contribution in [0.3, 0.4) is 0 Å². The Labute approximate surface area is 63.8 Å². The number of hydrogen-bond acceptors (Lipinski definition) is 4. The van der Waals surface area contributed by atoms with E-state index in [0.717, 1.165) is 0 Å². The third-order valence-corrected chi connectivity index (χ3v) is 1.06. The average Bonchev–Trinajstić information content (AvgIpc) is 2.36. The zero-order valence-corrected chi connectivity index (χ0v) is 6.42. The zero-order valence-electron chi connectivity index (χ0n) is 6.42. The summed E-state index contributed by atoms with van der Waals surface area (Å²) < 4.78 is 4.61. The Morgan fingerprint density at radius 2 is 2.45 bits per heavy atom. The molecule has 0 fully saturated rings. The number of carbonyl (C=O) groups excluding carboxylic acids is 1. The second-order valence-corrected chi connectivity index (χ2v) is 2.01. The van der Waals surface area contributed by atoms with Crippen molar-refractivity contribution in [1.82, 2.24) is 15.5 Å². The summed E-state index contributed by atoms with van der Waals surface area (Å²) in [5.74, 6) is 0.156. The molecule has 0 unspecified atom stereocenters. The maximum absolute atomic E-state index is 11.0. The molecule has 0 aliphatic heterocycles. The molecule has 1 heterocycles. The second kappa shape index (κ2) is 3.14. The van der Waals surface area contributed by atoms with Crippen molar-refractivity contribution in [1.29, 1.82) is 0 Å². The number of hydrogen-bond donors (Lipinski definition) is 1. The van der Waals surface area contributed by atoms with Gasteiger partial charge in [-0.2, -0.15) is 4.98 Å². The second-order valence-electron chi connectivity index (χ2n) is 2.01. The summed E-state index contributed by atoms with van der Waals surface area (Å²) in [6.45, 7) is 4.04. The molecule has 0 atom stereocenters. The molecule has 60 valence electrons. The van der Waals surface area contributed by atoms with Gasteiger partial charge in [0, 0.05) is 6.54 Å².